The van der Waals surface area contributed by atoms with Crippen molar-refractivity contribution in [2.75, 3.05) is 13.1 Å². The maximum absolute atomic E-state index is 13.7. The van der Waals surface area contributed by atoms with E-state index >= 15 is 0 Å². The predicted octanol–water partition coefficient (Wildman–Crippen LogP) is 2.82. The summed E-state index contributed by atoms with van der Waals surface area (Å²) in [6, 6.07) is 5.53. The molecule has 1 aromatic rings. The quantitative estimate of drug-likeness (QED) is 0.921. The van der Waals surface area contributed by atoms with Crippen molar-refractivity contribution in [2.24, 2.45) is 5.73 Å². The minimum atomic E-state index is -0.299. The Kier molecular flexibility index (Phi) is 5.67. The van der Waals surface area contributed by atoms with Gasteiger partial charge in [0, 0.05) is 24.7 Å². The lowest BCUT2D eigenvalue weighted by Gasteiger charge is -2.23. The van der Waals surface area contributed by atoms with Gasteiger partial charge in [0.1, 0.15) is 5.82 Å². The number of hydrogen-bond acceptors (Lipinski definition) is 2. The molecule has 17 heavy (non-hydrogen) atoms. The molecule has 1 aliphatic rings. The lowest BCUT2D eigenvalue weighted by atomic mass is 10.1. The van der Waals surface area contributed by atoms with Gasteiger partial charge in [-0.2, -0.15) is 0 Å². The van der Waals surface area contributed by atoms with Crippen molar-refractivity contribution in [3.8, 4) is 0 Å². The molecule has 0 aliphatic carbocycles. The third-order valence-corrected chi connectivity index (χ3v) is 3.47. The Labute approximate surface area is 112 Å². The standard InChI is InChI=1S/C12H16ClFN2.ClH/c13-11-5-1-3-9(12(11)14)8-16-6-2-4-10(16)7-15;/h1,3,5,10H,2,4,6-8,15H2;1H. The summed E-state index contributed by atoms with van der Waals surface area (Å²) in [5, 5.41) is 0.195. The predicted molar refractivity (Wildman–Crippen MR) is 71.1 cm³/mol. The second kappa shape index (κ2) is 6.55. The van der Waals surface area contributed by atoms with Crippen molar-refractivity contribution in [3.63, 3.8) is 0 Å². The summed E-state index contributed by atoms with van der Waals surface area (Å²) in [6.45, 7) is 2.24. The van der Waals surface area contributed by atoms with Crippen LogP contribution in [0, 0.1) is 5.82 Å². The molecule has 1 saturated heterocycles. The average molecular weight is 279 g/mol. The van der Waals surface area contributed by atoms with Crippen LogP contribution in [0.1, 0.15) is 18.4 Å². The lowest BCUT2D eigenvalue weighted by molar-refractivity contribution is 0.247. The fourth-order valence-electron chi connectivity index (χ4n) is 2.26. The Bertz CT molecular complexity index is 374. The van der Waals surface area contributed by atoms with Gasteiger partial charge in [0.05, 0.1) is 5.02 Å². The maximum Gasteiger partial charge on any atom is 0.146 e. The zero-order valence-electron chi connectivity index (χ0n) is 9.53. The van der Waals surface area contributed by atoms with E-state index in [1.54, 1.807) is 18.2 Å². The van der Waals surface area contributed by atoms with Gasteiger partial charge in [0.2, 0.25) is 0 Å². The number of likely N-dealkylation sites (tertiary alicyclic amines) is 1. The number of halogens is 3. The zero-order valence-corrected chi connectivity index (χ0v) is 11.1. The van der Waals surface area contributed by atoms with Gasteiger partial charge < -0.3 is 5.73 Å². The van der Waals surface area contributed by atoms with Crippen LogP contribution in [0.2, 0.25) is 5.02 Å². The Morgan fingerprint density at radius 3 is 2.94 bits per heavy atom. The normalized spacial score (nSPS) is 20.3. The first-order chi connectivity index (χ1) is 7.72. The summed E-state index contributed by atoms with van der Waals surface area (Å²) < 4.78 is 13.7. The molecule has 1 unspecified atom stereocenters. The van der Waals surface area contributed by atoms with Gasteiger partial charge in [-0.25, -0.2) is 4.39 Å². The van der Waals surface area contributed by atoms with Crippen LogP contribution in [0.25, 0.3) is 0 Å². The van der Waals surface area contributed by atoms with Gasteiger partial charge in [-0.3, -0.25) is 4.90 Å². The number of nitrogens with zero attached hydrogens (tertiary/aromatic N) is 1. The third kappa shape index (κ3) is 3.32. The van der Waals surface area contributed by atoms with Gasteiger partial charge in [-0.15, -0.1) is 12.4 Å². The molecule has 0 spiro atoms. The molecule has 1 atom stereocenters. The molecule has 2 nitrogen and oxygen atoms in total. The summed E-state index contributed by atoms with van der Waals surface area (Å²) >= 11 is 5.75. The largest absolute Gasteiger partial charge is 0.329 e. The lowest BCUT2D eigenvalue weighted by Crippen LogP contribution is -2.35. The molecular weight excluding hydrogens is 262 g/mol. The monoisotopic (exact) mass is 278 g/mol. The van der Waals surface area contributed by atoms with Crippen molar-refractivity contribution >= 4 is 24.0 Å². The number of hydrogen-bond donors (Lipinski definition) is 1. The van der Waals surface area contributed by atoms with E-state index in [2.05, 4.69) is 4.90 Å². The molecule has 1 aliphatic heterocycles. The highest BCUT2D eigenvalue weighted by molar-refractivity contribution is 6.30. The van der Waals surface area contributed by atoms with Gasteiger partial charge in [0.15, 0.2) is 0 Å². The third-order valence-electron chi connectivity index (χ3n) is 3.18. The summed E-state index contributed by atoms with van der Waals surface area (Å²) in [5.74, 6) is -0.299. The number of nitrogens with two attached hydrogens (primary N) is 1. The molecule has 0 aromatic heterocycles. The minimum absolute atomic E-state index is 0. The van der Waals surface area contributed by atoms with E-state index in [0.717, 1.165) is 19.4 Å². The second-order valence-electron chi connectivity index (χ2n) is 4.22. The van der Waals surface area contributed by atoms with E-state index in [9.17, 15) is 4.39 Å². The molecule has 96 valence electrons. The topological polar surface area (TPSA) is 29.3 Å². The van der Waals surface area contributed by atoms with Crippen LogP contribution in [-0.4, -0.2) is 24.0 Å². The molecule has 1 aromatic carbocycles. The van der Waals surface area contributed by atoms with Gasteiger partial charge in [-0.1, -0.05) is 23.7 Å². The van der Waals surface area contributed by atoms with E-state index in [1.807, 2.05) is 0 Å². The molecular formula is C12H17Cl2FN2. The summed E-state index contributed by atoms with van der Waals surface area (Å²) in [5.41, 5.74) is 6.34. The SMILES string of the molecule is Cl.NCC1CCCN1Cc1cccc(Cl)c1F. The minimum Gasteiger partial charge on any atom is -0.329 e. The molecule has 0 amide bonds. The van der Waals surface area contributed by atoms with Crippen molar-refractivity contribution < 1.29 is 4.39 Å². The molecule has 0 bridgehead atoms. The fourth-order valence-corrected chi connectivity index (χ4v) is 2.45. The van der Waals surface area contributed by atoms with Crippen LogP contribution < -0.4 is 5.73 Å². The van der Waals surface area contributed by atoms with Crippen LogP contribution in [0.3, 0.4) is 0 Å². The number of rotatable bonds is 3. The summed E-state index contributed by atoms with van der Waals surface area (Å²) in [6.07, 6.45) is 2.25. The van der Waals surface area contributed by atoms with E-state index in [-0.39, 0.29) is 23.2 Å². The molecule has 1 fully saturated rings. The van der Waals surface area contributed by atoms with Crippen molar-refractivity contribution in [2.45, 2.75) is 25.4 Å². The smallest absolute Gasteiger partial charge is 0.146 e. The molecule has 1 heterocycles. The first kappa shape index (κ1) is 14.7. The van der Waals surface area contributed by atoms with Gasteiger partial charge in [-0.05, 0) is 25.5 Å². The highest BCUT2D eigenvalue weighted by atomic mass is 35.5. The second-order valence-corrected chi connectivity index (χ2v) is 4.62. The van der Waals surface area contributed by atoms with Gasteiger partial charge >= 0.3 is 0 Å². The van der Waals surface area contributed by atoms with E-state index in [4.69, 9.17) is 17.3 Å². The van der Waals surface area contributed by atoms with E-state index in [0.29, 0.717) is 24.7 Å². The first-order valence-electron chi connectivity index (χ1n) is 5.59. The Morgan fingerprint density at radius 2 is 2.24 bits per heavy atom. The Morgan fingerprint density at radius 1 is 1.47 bits per heavy atom. The van der Waals surface area contributed by atoms with E-state index < -0.39 is 0 Å². The van der Waals surface area contributed by atoms with Crippen molar-refractivity contribution in [1.29, 1.82) is 0 Å². The Hall–Kier alpha value is -0.350. The van der Waals surface area contributed by atoms with Crippen LogP contribution in [0.5, 0.6) is 0 Å². The van der Waals surface area contributed by atoms with Crippen LogP contribution in [0.15, 0.2) is 18.2 Å². The van der Waals surface area contributed by atoms with Gasteiger partial charge in [0.25, 0.3) is 0 Å². The summed E-state index contributed by atoms with van der Waals surface area (Å²) in [4.78, 5) is 2.23. The fraction of sp³-hybridized carbons (Fsp3) is 0.500. The van der Waals surface area contributed by atoms with Crippen molar-refractivity contribution in [1.82, 2.24) is 4.90 Å². The molecule has 5 heteroatoms. The Balaban J connectivity index is 0.00000144. The average Bonchev–Trinajstić information content (AvgIpc) is 2.72. The zero-order chi connectivity index (χ0) is 11.5. The maximum atomic E-state index is 13.7. The van der Waals surface area contributed by atoms with Crippen molar-refractivity contribution in [3.05, 3.63) is 34.6 Å². The first-order valence-corrected chi connectivity index (χ1v) is 5.97. The molecule has 0 saturated carbocycles. The molecule has 2 rings (SSSR count). The van der Waals surface area contributed by atoms with Crippen LogP contribution in [0.4, 0.5) is 4.39 Å². The summed E-state index contributed by atoms with van der Waals surface area (Å²) in [7, 11) is 0. The van der Waals surface area contributed by atoms with E-state index in [1.165, 1.54) is 0 Å². The highest BCUT2D eigenvalue weighted by Crippen LogP contribution is 2.23. The van der Waals surface area contributed by atoms with Crippen LogP contribution in [-0.2, 0) is 6.54 Å². The number of benzene rings is 1. The highest BCUT2D eigenvalue weighted by Gasteiger charge is 2.24. The molecule has 0 radical (unpaired) electrons. The molecule has 2 N–H and O–H groups in total. The van der Waals surface area contributed by atoms with Crippen LogP contribution >= 0.6 is 24.0 Å².